The number of amides is 2. The number of nitrogens with one attached hydrogen (secondary N) is 2. The Morgan fingerprint density at radius 3 is 2.45 bits per heavy atom. The Hall–Kier alpha value is -2.74. The van der Waals surface area contributed by atoms with Crippen molar-refractivity contribution in [2.24, 2.45) is 0 Å². The molecule has 114 valence electrons. The molecule has 2 aromatic rings. The largest absolute Gasteiger partial charge is 0.478 e. The summed E-state index contributed by atoms with van der Waals surface area (Å²) in [6, 6.07) is 5.78. The smallest absolute Gasteiger partial charge is 0.335 e. The zero-order chi connectivity index (χ0) is 16.1. The van der Waals surface area contributed by atoms with E-state index >= 15 is 0 Å². The zero-order valence-electron chi connectivity index (χ0n) is 11.6. The van der Waals surface area contributed by atoms with Gasteiger partial charge >= 0.3 is 5.97 Å². The topological polar surface area (TPSA) is 108 Å². The highest BCUT2D eigenvalue weighted by molar-refractivity contribution is 7.14. The van der Waals surface area contributed by atoms with Crippen LogP contribution in [0.25, 0.3) is 0 Å². The Bertz CT molecular complexity index is 709. The normalized spacial score (nSPS) is 10.0. The molecular formula is C14H13N3O4S. The second kappa shape index (κ2) is 6.81. The van der Waals surface area contributed by atoms with E-state index in [9.17, 15) is 14.4 Å². The zero-order valence-corrected chi connectivity index (χ0v) is 12.4. The van der Waals surface area contributed by atoms with E-state index in [2.05, 4.69) is 15.6 Å². The van der Waals surface area contributed by atoms with Gasteiger partial charge in [-0.15, -0.1) is 11.3 Å². The fraction of sp³-hybridized carbons (Fsp3) is 0.143. The molecule has 2 rings (SSSR count). The van der Waals surface area contributed by atoms with Crippen LogP contribution in [-0.4, -0.2) is 27.9 Å². The van der Waals surface area contributed by atoms with Crippen LogP contribution in [-0.2, 0) is 4.79 Å². The number of hydrogen-bond acceptors (Lipinski definition) is 5. The van der Waals surface area contributed by atoms with E-state index in [0.29, 0.717) is 17.2 Å². The number of aromatic nitrogens is 1. The Labute approximate surface area is 130 Å². The van der Waals surface area contributed by atoms with Gasteiger partial charge in [0.2, 0.25) is 5.91 Å². The molecule has 1 heterocycles. The number of benzene rings is 1. The fourth-order valence-electron chi connectivity index (χ4n) is 1.53. The Balaban J connectivity index is 2.02. The molecule has 0 bridgehead atoms. The van der Waals surface area contributed by atoms with Gasteiger partial charge in [0.1, 0.15) is 5.69 Å². The maximum Gasteiger partial charge on any atom is 0.335 e. The first-order valence-corrected chi connectivity index (χ1v) is 7.27. The van der Waals surface area contributed by atoms with Crippen LogP contribution in [0.15, 0.2) is 29.6 Å². The molecule has 0 aliphatic heterocycles. The second-order valence-corrected chi connectivity index (χ2v) is 5.13. The predicted molar refractivity (Wildman–Crippen MR) is 82.4 cm³/mol. The van der Waals surface area contributed by atoms with Crippen LogP contribution in [0.3, 0.4) is 0 Å². The van der Waals surface area contributed by atoms with E-state index in [4.69, 9.17) is 5.11 Å². The molecule has 8 heteroatoms. The molecule has 0 saturated carbocycles. The minimum Gasteiger partial charge on any atom is -0.478 e. The van der Waals surface area contributed by atoms with Crippen molar-refractivity contribution in [2.45, 2.75) is 13.3 Å². The highest BCUT2D eigenvalue weighted by Crippen LogP contribution is 2.17. The molecule has 0 aliphatic carbocycles. The van der Waals surface area contributed by atoms with Crippen LogP contribution in [0, 0.1) is 0 Å². The maximum absolute atomic E-state index is 12.0. The molecule has 0 atom stereocenters. The molecule has 0 saturated heterocycles. The van der Waals surface area contributed by atoms with Gasteiger partial charge in [0.15, 0.2) is 5.13 Å². The number of aromatic carboxylic acids is 1. The van der Waals surface area contributed by atoms with Crippen LogP contribution in [0.5, 0.6) is 0 Å². The molecule has 1 aromatic carbocycles. The van der Waals surface area contributed by atoms with E-state index in [1.165, 1.54) is 29.6 Å². The number of carboxylic acid groups (broad SMARTS) is 1. The fourth-order valence-corrected chi connectivity index (χ4v) is 2.24. The summed E-state index contributed by atoms with van der Waals surface area (Å²) < 4.78 is 0. The minimum atomic E-state index is -1.03. The molecule has 2 amide bonds. The molecule has 0 spiro atoms. The molecular weight excluding hydrogens is 306 g/mol. The third kappa shape index (κ3) is 3.89. The predicted octanol–water partition coefficient (Wildman–Crippen LogP) is 2.44. The van der Waals surface area contributed by atoms with Crippen LogP contribution in [0.4, 0.5) is 10.8 Å². The van der Waals surface area contributed by atoms with Gasteiger partial charge in [-0.3, -0.25) is 9.59 Å². The van der Waals surface area contributed by atoms with Crippen LogP contribution in [0.2, 0.25) is 0 Å². The van der Waals surface area contributed by atoms with Gasteiger partial charge in [0.25, 0.3) is 5.91 Å². The first kappa shape index (κ1) is 15.6. The summed E-state index contributed by atoms with van der Waals surface area (Å²) in [6.07, 6.45) is 0.330. The van der Waals surface area contributed by atoms with Gasteiger partial charge in [0, 0.05) is 17.5 Å². The molecule has 22 heavy (non-hydrogen) atoms. The summed E-state index contributed by atoms with van der Waals surface area (Å²) >= 11 is 1.16. The van der Waals surface area contributed by atoms with Gasteiger partial charge in [0.05, 0.1) is 5.56 Å². The number of thiazole rings is 1. The lowest BCUT2D eigenvalue weighted by molar-refractivity contribution is -0.115. The van der Waals surface area contributed by atoms with E-state index < -0.39 is 11.9 Å². The molecule has 1 aromatic heterocycles. The van der Waals surface area contributed by atoms with Crippen molar-refractivity contribution in [1.82, 2.24) is 4.98 Å². The molecule has 0 unspecified atom stereocenters. The molecule has 3 N–H and O–H groups in total. The summed E-state index contributed by atoms with van der Waals surface area (Å²) in [4.78, 5) is 38.0. The number of carbonyl (C=O) groups is 3. The van der Waals surface area contributed by atoms with Gasteiger partial charge in [-0.1, -0.05) is 6.92 Å². The van der Waals surface area contributed by atoms with Crippen molar-refractivity contribution in [2.75, 3.05) is 10.6 Å². The standard InChI is InChI=1S/C14H13N3O4S/c1-2-11(18)17-14-16-10(7-22-14)12(19)15-9-5-3-8(4-6-9)13(20)21/h3-7H,2H2,1H3,(H,15,19)(H,20,21)(H,16,17,18). The third-order valence-corrected chi connectivity index (χ3v) is 3.45. The van der Waals surface area contributed by atoms with E-state index in [-0.39, 0.29) is 17.2 Å². The van der Waals surface area contributed by atoms with E-state index in [0.717, 1.165) is 11.3 Å². The average molecular weight is 319 g/mol. The number of carbonyl (C=O) groups excluding carboxylic acids is 2. The van der Waals surface area contributed by atoms with Crippen molar-refractivity contribution < 1.29 is 19.5 Å². The van der Waals surface area contributed by atoms with Gasteiger partial charge in [-0.2, -0.15) is 0 Å². The average Bonchev–Trinajstić information content (AvgIpc) is 2.96. The Kier molecular flexibility index (Phi) is 4.84. The van der Waals surface area contributed by atoms with Crippen LogP contribution >= 0.6 is 11.3 Å². The lowest BCUT2D eigenvalue weighted by Gasteiger charge is -2.03. The lowest BCUT2D eigenvalue weighted by atomic mass is 10.2. The summed E-state index contributed by atoms with van der Waals surface area (Å²) in [5, 5.41) is 15.9. The van der Waals surface area contributed by atoms with Crippen LogP contribution in [0.1, 0.15) is 34.2 Å². The number of anilines is 2. The third-order valence-electron chi connectivity index (χ3n) is 2.69. The highest BCUT2D eigenvalue weighted by atomic mass is 32.1. The summed E-state index contributed by atoms with van der Waals surface area (Å²) in [5.74, 6) is -1.64. The summed E-state index contributed by atoms with van der Waals surface area (Å²) in [6.45, 7) is 1.72. The van der Waals surface area contributed by atoms with Crippen molar-refractivity contribution in [3.05, 3.63) is 40.9 Å². The SMILES string of the molecule is CCC(=O)Nc1nc(C(=O)Nc2ccc(C(=O)O)cc2)cs1. The van der Waals surface area contributed by atoms with Crippen LogP contribution < -0.4 is 10.6 Å². The maximum atomic E-state index is 12.0. The number of carboxylic acids is 1. The Morgan fingerprint density at radius 1 is 1.18 bits per heavy atom. The highest BCUT2D eigenvalue weighted by Gasteiger charge is 2.12. The first-order valence-electron chi connectivity index (χ1n) is 6.39. The van der Waals surface area contributed by atoms with Gasteiger partial charge in [-0.25, -0.2) is 9.78 Å². The van der Waals surface area contributed by atoms with E-state index in [1.54, 1.807) is 6.92 Å². The Morgan fingerprint density at radius 2 is 1.86 bits per heavy atom. The lowest BCUT2D eigenvalue weighted by Crippen LogP contribution is -2.13. The van der Waals surface area contributed by atoms with Gasteiger partial charge < -0.3 is 15.7 Å². The van der Waals surface area contributed by atoms with Crippen molar-refractivity contribution in [3.63, 3.8) is 0 Å². The minimum absolute atomic E-state index is 0.135. The van der Waals surface area contributed by atoms with Crippen molar-refractivity contribution in [1.29, 1.82) is 0 Å². The number of rotatable bonds is 5. The number of hydrogen-bond donors (Lipinski definition) is 3. The quantitative estimate of drug-likeness (QED) is 0.784. The van der Waals surface area contributed by atoms with Gasteiger partial charge in [-0.05, 0) is 24.3 Å². The number of nitrogens with zero attached hydrogens (tertiary/aromatic N) is 1. The van der Waals surface area contributed by atoms with Crippen molar-refractivity contribution >= 4 is 39.9 Å². The molecule has 0 fully saturated rings. The van der Waals surface area contributed by atoms with E-state index in [1.807, 2.05) is 0 Å². The molecule has 7 nitrogen and oxygen atoms in total. The molecule has 0 radical (unpaired) electrons. The molecule has 0 aliphatic rings. The summed E-state index contributed by atoms with van der Waals surface area (Å²) in [5.41, 5.74) is 0.775. The second-order valence-electron chi connectivity index (χ2n) is 4.28. The van der Waals surface area contributed by atoms with Crippen molar-refractivity contribution in [3.8, 4) is 0 Å². The summed E-state index contributed by atoms with van der Waals surface area (Å²) in [7, 11) is 0. The monoisotopic (exact) mass is 319 g/mol. The first-order chi connectivity index (χ1) is 10.5.